The monoisotopic (exact) mass is 327 g/mol. The molecule has 0 amide bonds. The lowest BCUT2D eigenvalue weighted by atomic mass is 10.1. The van der Waals surface area contributed by atoms with Crippen molar-refractivity contribution < 1.29 is 9.53 Å². The molecule has 2 rings (SSSR count). The Hall–Kier alpha value is -0.940. The van der Waals surface area contributed by atoms with Gasteiger partial charge in [-0.1, -0.05) is 22.9 Å². The predicted molar refractivity (Wildman–Crippen MR) is 77.0 cm³/mol. The summed E-state index contributed by atoms with van der Waals surface area (Å²) >= 11 is 4.98. The van der Waals surface area contributed by atoms with E-state index in [-0.39, 0.29) is 11.9 Å². The molecule has 2 aromatic rings. The molecule has 0 saturated carbocycles. The fraction of sp³-hybridized carbons (Fsp3) is 0.385. The number of hydrogen-bond donors (Lipinski definition) is 0. The molecule has 18 heavy (non-hydrogen) atoms. The van der Waals surface area contributed by atoms with Gasteiger partial charge in [-0.05, 0) is 31.5 Å². The van der Waals surface area contributed by atoms with Crippen LogP contribution < -0.4 is 0 Å². The highest BCUT2D eigenvalue weighted by atomic mass is 79.9. The molecule has 1 heterocycles. The van der Waals surface area contributed by atoms with Gasteiger partial charge in [0.1, 0.15) is 10.9 Å². The van der Waals surface area contributed by atoms with E-state index >= 15 is 0 Å². The van der Waals surface area contributed by atoms with Crippen LogP contribution >= 0.6 is 27.3 Å². The van der Waals surface area contributed by atoms with Crippen LogP contribution in [0.15, 0.2) is 22.7 Å². The molecular weight excluding hydrogens is 314 g/mol. The van der Waals surface area contributed by atoms with Gasteiger partial charge >= 0.3 is 5.97 Å². The van der Waals surface area contributed by atoms with Gasteiger partial charge in [0.25, 0.3) is 0 Å². The van der Waals surface area contributed by atoms with Gasteiger partial charge in [0.15, 0.2) is 0 Å². The number of carbonyl (C=O) groups is 1. The number of halogens is 1. The fourth-order valence-corrected chi connectivity index (χ4v) is 3.22. The molecule has 0 radical (unpaired) electrons. The number of benzene rings is 1. The Morgan fingerprint density at radius 2 is 2.28 bits per heavy atom. The van der Waals surface area contributed by atoms with Crippen LogP contribution in [0, 0.1) is 0 Å². The van der Waals surface area contributed by atoms with Crippen molar-refractivity contribution in [1.82, 2.24) is 4.98 Å². The first-order valence-corrected chi connectivity index (χ1v) is 7.49. The maximum Gasteiger partial charge on any atom is 0.315 e. The molecule has 5 heteroatoms. The van der Waals surface area contributed by atoms with Crippen molar-refractivity contribution in [2.24, 2.45) is 0 Å². The minimum absolute atomic E-state index is 0.182. The second kappa shape index (κ2) is 5.80. The van der Waals surface area contributed by atoms with Crippen molar-refractivity contribution in [3.8, 4) is 0 Å². The highest BCUT2D eigenvalue weighted by Crippen LogP contribution is 2.31. The summed E-state index contributed by atoms with van der Waals surface area (Å²) in [4.78, 5) is 16.4. The standard InChI is InChI=1S/C13H14BrNO2S/c1-3-9(13(16)17-4-2)12-15-10-7-8(14)5-6-11(10)18-12/h5-7,9H,3-4H2,1-2H3. The number of esters is 1. The molecule has 1 aromatic carbocycles. The summed E-state index contributed by atoms with van der Waals surface area (Å²) in [7, 11) is 0. The first kappa shape index (κ1) is 13.5. The van der Waals surface area contributed by atoms with Crippen molar-refractivity contribution in [3.05, 3.63) is 27.7 Å². The van der Waals surface area contributed by atoms with E-state index in [0.29, 0.717) is 13.0 Å². The molecule has 0 fully saturated rings. The quantitative estimate of drug-likeness (QED) is 0.793. The summed E-state index contributed by atoms with van der Waals surface area (Å²) in [5.41, 5.74) is 0.923. The Balaban J connectivity index is 2.36. The maximum absolute atomic E-state index is 11.9. The van der Waals surface area contributed by atoms with Crippen LogP contribution in [0.3, 0.4) is 0 Å². The number of thiazole rings is 1. The SMILES string of the molecule is CCOC(=O)C(CC)c1nc2cc(Br)ccc2s1. The van der Waals surface area contributed by atoms with Crippen LogP contribution in [0.5, 0.6) is 0 Å². The summed E-state index contributed by atoms with van der Waals surface area (Å²) in [6.45, 7) is 4.20. The average molecular weight is 328 g/mol. The van der Waals surface area contributed by atoms with Crippen LogP contribution in [-0.4, -0.2) is 17.6 Å². The summed E-state index contributed by atoms with van der Waals surface area (Å²) in [6, 6.07) is 5.96. The summed E-state index contributed by atoms with van der Waals surface area (Å²) in [6.07, 6.45) is 0.708. The number of ether oxygens (including phenoxy) is 1. The zero-order valence-electron chi connectivity index (χ0n) is 10.3. The van der Waals surface area contributed by atoms with Crippen LogP contribution in [-0.2, 0) is 9.53 Å². The third kappa shape index (κ3) is 2.72. The Labute approximate surface area is 118 Å². The summed E-state index contributed by atoms with van der Waals surface area (Å²) in [5.74, 6) is -0.431. The molecule has 1 atom stereocenters. The largest absolute Gasteiger partial charge is 0.465 e. The van der Waals surface area contributed by atoms with Gasteiger partial charge in [-0.15, -0.1) is 11.3 Å². The fourth-order valence-electron chi connectivity index (χ4n) is 1.75. The summed E-state index contributed by atoms with van der Waals surface area (Å²) < 4.78 is 7.18. The van der Waals surface area contributed by atoms with Gasteiger partial charge < -0.3 is 4.74 Å². The van der Waals surface area contributed by atoms with Crippen molar-refractivity contribution in [3.63, 3.8) is 0 Å². The van der Waals surface area contributed by atoms with E-state index in [1.807, 2.05) is 32.0 Å². The number of nitrogens with zero attached hydrogens (tertiary/aromatic N) is 1. The molecule has 0 aliphatic heterocycles. The minimum atomic E-state index is -0.249. The third-order valence-electron chi connectivity index (χ3n) is 2.64. The normalized spacial score (nSPS) is 12.6. The van der Waals surface area contributed by atoms with Gasteiger partial charge in [-0.2, -0.15) is 0 Å². The van der Waals surface area contributed by atoms with Crippen LogP contribution in [0.25, 0.3) is 10.2 Å². The van der Waals surface area contributed by atoms with Gasteiger partial charge in [-0.3, -0.25) is 4.79 Å². The summed E-state index contributed by atoms with van der Waals surface area (Å²) in [5, 5.41) is 0.837. The lowest BCUT2D eigenvalue weighted by molar-refractivity contribution is -0.145. The number of hydrogen-bond acceptors (Lipinski definition) is 4. The molecule has 0 saturated heterocycles. The lowest BCUT2D eigenvalue weighted by Crippen LogP contribution is -2.14. The molecule has 0 aliphatic rings. The molecular formula is C13H14BrNO2S. The van der Waals surface area contributed by atoms with Crippen molar-refractivity contribution in [1.29, 1.82) is 0 Å². The van der Waals surface area contributed by atoms with E-state index in [1.165, 1.54) is 0 Å². The Kier molecular flexibility index (Phi) is 4.35. The van der Waals surface area contributed by atoms with Gasteiger partial charge in [-0.25, -0.2) is 4.98 Å². The van der Waals surface area contributed by atoms with Crippen molar-refractivity contribution in [2.45, 2.75) is 26.2 Å². The van der Waals surface area contributed by atoms with Crippen molar-refractivity contribution >= 4 is 43.5 Å². The van der Waals surface area contributed by atoms with Crippen LogP contribution in [0.4, 0.5) is 0 Å². The Morgan fingerprint density at radius 3 is 2.94 bits per heavy atom. The second-order valence-corrected chi connectivity index (χ2v) is 5.85. The zero-order valence-corrected chi connectivity index (χ0v) is 12.7. The molecule has 0 bridgehead atoms. The molecule has 1 unspecified atom stereocenters. The van der Waals surface area contributed by atoms with E-state index in [1.54, 1.807) is 11.3 Å². The molecule has 1 aromatic heterocycles. The number of rotatable bonds is 4. The van der Waals surface area contributed by atoms with Gasteiger partial charge in [0.05, 0.1) is 16.8 Å². The van der Waals surface area contributed by atoms with E-state index in [4.69, 9.17) is 4.74 Å². The molecule has 0 spiro atoms. The molecule has 3 nitrogen and oxygen atoms in total. The molecule has 0 N–H and O–H groups in total. The van der Waals surface area contributed by atoms with E-state index < -0.39 is 0 Å². The Morgan fingerprint density at radius 1 is 1.50 bits per heavy atom. The Bertz CT molecular complexity index is 567. The van der Waals surface area contributed by atoms with Crippen LogP contribution in [0.1, 0.15) is 31.2 Å². The maximum atomic E-state index is 11.9. The van der Waals surface area contributed by atoms with Gasteiger partial charge in [0.2, 0.25) is 0 Å². The first-order valence-electron chi connectivity index (χ1n) is 5.88. The smallest absolute Gasteiger partial charge is 0.315 e. The van der Waals surface area contributed by atoms with E-state index in [0.717, 1.165) is 19.7 Å². The van der Waals surface area contributed by atoms with E-state index in [9.17, 15) is 4.79 Å². The van der Waals surface area contributed by atoms with Gasteiger partial charge in [0, 0.05) is 4.47 Å². The second-order valence-electron chi connectivity index (χ2n) is 3.88. The molecule has 96 valence electrons. The van der Waals surface area contributed by atoms with E-state index in [2.05, 4.69) is 20.9 Å². The highest BCUT2D eigenvalue weighted by Gasteiger charge is 2.23. The zero-order chi connectivity index (χ0) is 13.1. The minimum Gasteiger partial charge on any atom is -0.465 e. The number of aromatic nitrogens is 1. The first-order chi connectivity index (χ1) is 8.65. The number of carbonyl (C=O) groups excluding carboxylic acids is 1. The topological polar surface area (TPSA) is 39.2 Å². The highest BCUT2D eigenvalue weighted by molar-refractivity contribution is 9.10. The predicted octanol–water partition coefficient (Wildman–Crippen LogP) is 4.12. The lowest BCUT2D eigenvalue weighted by Gasteiger charge is -2.09. The average Bonchev–Trinajstić information content (AvgIpc) is 2.72. The third-order valence-corrected chi connectivity index (χ3v) is 4.29. The number of fused-ring (bicyclic) bond motifs is 1. The van der Waals surface area contributed by atoms with Crippen LogP contribution in [0.2, 0.25) is 0 Å². The molecule has 0 aliphatic carbocycles. The van der Waals surface area contributed by atoms with Crippen molar-refractivity contribution in [2.75, 3.05) is 6.61 Å².